The minimum atomic E-state index is 0.541. The highest BCUT2D eigenvalue weighted by Gasteiger charge is 2.17. The van der Waals surface area contributed by atoms with Gasteiger partial charge >= 0.3 is 0 Å². The maximum absolute atomic E-state index is 6.36. The minimum absolute atomic E-state index is 0.541. The molecule has 1 aromatic carbocycles. The summed E-state index contributed by atoms with van der Waals surface area (Å²) >= 11 is 10.2. The standard InChI is InChI=1S/C16H13ClN2S2/c1-9-3-2-4-11-14(9)18-16(19-15(11)17)13-7-10-8-20-6-5-12(10)21-13/h2-4,7H,5-6,8H2,1H3. The van der Waals surface area contributed by atoms with Crippen molar-refractivity contribution in [3.63, 3.8) is 0 Å². The zero-order chi connectivity index (χ0) is 14.4. The molecule has 0 N–H and O–H groups in total. The van der Waals surface area contributed by atoms with E-state index < -0.39 is 0 Å². The van der Waals surface area contributed by atoms with E-state index in [2.05, 4.69) is 24.0 Å². The normalized spacial score (nSPS) is 14.4. The molecule has 5 heteroatoms. The molecule has 0 amide bonds. The van der Waals surface area contributed by atoms with E-state index in [-0.39, 0.29) is 0 Å². The Balaban J connectivity index is 1.90. The fraction of sp³-hybridized carbons (Fsp3) is 0.250. The third-order valence-corrected chi connectivity index (χ3v) is 6.26. The number of aryl methyl sites for hydroxylation is 2. The summed E-state index contributed by atoms with van der Waals surface area (Å²) in [4.78, 5) is 11.9. The Morgan fingerprint density at radius 3 is 3.00 bits per heavy atom. The highest BCUT2D eigenvalue weighted by molar-refractivity contribution is 7.98. The lowest BCUT2D eigenvalue weighted by Gasteiger charge is -2.08. The Bertz CT molecular complexity index is 818. The molecule has 0 unspecified atom stereocenters. The van der Waals surface area contributed by atoms with Crippen molar-refractivity contribution in [2.24, 2.45) is 0 Å². The first-order valence-corrected chi connectivity index (χ1v) is 9.20. The quantitative estimate of drug-likeness (QED) is 0.579. The Kier molecular flexibility index (Phi) is 3.40. The van der Waals surface area contributed by atoms with E-state index >= 15 is 0 Å². The predicted octanol–water partition coefficient (Wildman–Crippen LogP) is 5.11. The molecule has 1 aliphatic heterocycles. The molecular weight excluding hydrogens is 320 g/mol. The van der Waals surface area contributed by atoms with Gasteiger partial charge in [-0.2, -0.15) is 11.8 Å². The largest absolute Gasteiger partial charge is 0.227 e. The van der Waals surface area contributed by atoms with E-state index in [0.717, 1.165) is 39.3 Å². The predicted molar refractivity (Wildman–Crippen MR) is 92.5 cm³/mol. The number of rotatable bonds is 1. The smallest absolute Gasteiger partial charge is 0.171 e. The summed E-state index contributed by atoms with van der Waals surface area (Å²) in [5.41, 5.74) is 3.53. The van der Waals surface area contributed by atoms with Gasteiger partial charge in [0, 0.05) is 16.0 Å². The Labute approximate surface area is 136 Å². The first kappa shape index (κ1) is 13.6. The van der Waals surface area contributed by atoms with Crippen molar-refractivity contribution in [3.05, 3.63) is 45.4 Å². The zero-order valence-corrected chi connectivity index (χ0v) is 13.9. The monoisotopic (exact) mass is 332 g/mol. The van der Waals surface area contributed by atoms with Crippen LogP contribution in [0, 0.1) is 6.92 Å². The first-order chi connectivity index (χ1) is 10.2. The van der Waals surface area contributed by atoms with Crippen LogP contribution in [-0.2, 0) is 12.2 Å². The third-order valence-electron chi connectivity index (χ3n) is 3.73. The van der Waals surface area contributed by atoms with Gasteiger partial charge in [0.2, 0.25) is 0 Å². The minimum Gasteiger partial charge on any atom is -0.227 e. The lowest BCUT2D eigenvalue weighted by Crippen LogP contribution is -1.96. The molecule has 2 nitrogen and oxygen atoms in total. The second-order valence-electron chi connectivity index (χ2n) is 5.17. The van der Waals surface area contributed by atoms with Gasteiger partial charge in [-0.3, -0.25) is 0 Å². The number of thioether (sulfide) groups is 1. The van der Waals surface area contributed by atoms with Crippen LogP contribution in [0.1, 0.15) is 16.0 Å². The van der Waals surface area contributed by atoms with Gasteiger partial charge in [0.25, 0.3) is 0 Å². The summed E-state index contributed by atoms with van der Waals surface area (Å²) in [5, 5.41) is 1.47. The van der Waals surface area contributed by atoms with Gasteiger partial charge in [-0.1, -0.05) is 23.7 Å². The van der Waals surface area contributed by atoms with Crippen LogP contribution in [0.15, 0.2) is 24.3 Å². The summed E-state index contributed by atoms with van der Waals surface area (Å²) in [5.74, 6) is 3.07. The fourth-order valence-electron chi connectivity index (χ4n) is 2.63. The number of aromatic nitrogens is 2. The number of hydrogen-bond acceptors (Lipinski definition) is 4. The van der Waals surface area contributed by atoms with Crippen molar-refractivity contribution in [2.45, 2.75) is 19.1 Å². The molecule has 3 aromatic rings. The molecule has 3 heterocycles. The van der Waals surface area contributed by atoms with Crippen LogP contribution in [0.5, 0.6) is 0 Å². The number of para-hydroxylation sites is 1. The van der Waals surface area contributed by atoms with Gasteiger partial charge in [0.1, 0.15) is 5.15 Å². The second-order valence-corrected chi connectivity index (χ2v) is 7.77. The lowest BCUT2D eigenvalue weighted by atomic mass is 10.1. The number of benzene rings is 1. The van der Waals surface area contributed by atoms with Crippen LogP contribution in [0.2, 0.25) is 5.15 Å². The van der Waals surface area contributed by atoms with Gasteiger partial charge in [-0.15, -0.1) is 11.3 Å². The molecule has 106 valence electrons. The van der Waals surface area contributed by atoms with Gasteiger partial charge < -0.3 is 0 Å². The number of hydrogen-bond donors (Lipinski definition) is 0. The van der Waals surface area contributed by atoms with Crippen LogP contribution >= 0.6 is 34.7 Å². The SMILES string of the molecule is Cc1cccc2c(Cl)nc(-c3cc4c(s3)CCSC4)nc12. The van der Waals surface area contributed by atoms with E-state index in [4.69, 9.17) is 16.6 Å². The van der Waals surface area contributed by atoms with E-state index in [0.29, 0.717) is 5.15 Å². The van der Waals surface area contributed by atoms with E-state index in [1.165, 1.54) is 16.2 Å². The van der Waals surface area contributed by atoms with Crippen molar-refractivity contribution in [1.82, 2.24) is 9.97 Å². The summed E-state index contributed by atoms with van der Waals surface area (Å²) in [6, 6.07) is 8.27. The highest BCUT2D eigenvalue weighted by atomic mass is 35.5. The molecule has 0 radical (unpaired) electrons. The van der Waals surface area contributed by atoms with Crippen LogP contribution in [0.3, 0.4) is 0 Å². The van der Waals surface area contributed by atoms with Crippen LogP contribution in [0.25, 0.3) is 21.6 Å². The summed E-state index contributed by atoms with van der Waals surface area (Å²) in [6.07, 6.45) is 1.16. The molecule has 0 aliphatic carbocycles. The average Bonchev–Trinajstić information content (AvgIpc) is 2.92. The summed E-state index contributed by atoms with van der Waals surface area (Å²) in [6.45, 7) is 2.06. The van der Waals surface area contributed by atoms with Gasteiger partial charge in [-0.05, 0) is 42.4 Å². The highest BCUT2D eigenvalue weighted by Crippen LogP contribution is 2.37. The van der Waals surface area contributed by atoms with Gasteiger partial charge in [0.15, 0.2) is 5.82 Å². The molecule has 0 spiro atoms. The molecular formula is C16H13ClN2S2. The summed E-state index contributed by atoms with van der Waals surface area (Å²) in [7, 11) is 0. The van der Waals surface area contributed by atoms with Crippen molar-refractivity contribution in [2.75, 3.05) is 5.75 Å². The van der Waals surface area contributed by atoms with Crippen LogP contribution < -0.4 is 0 Å². The Morgan fingerprint density at radius 1 is 1.24 bits per heavy atom. The average molecular weight is 333 g/mol. The van der Waals surface area contributed by atoms with Crippen molar-refractivity contribution >= 4 is 45.6 Å². The van der Waals surface area contributed by atoms with Crippen molar-refractivity contribution < 1.29 is 0 Å². The third kappa shape index (κ3) is 2.35. The maximum Gasteiger partial charge on any atom is 0.171 e. The van der Waals surface area contributed by atoms with Crippen LogP contribution in [-0.4, -0.2) is 15.7 Å². The second kappa shape index (κ2) is 5.27. The molecule has 1 aliphatic rings. The Hall–Kier alpha value is -1.10. The number of thiophene rings is 1. The lowest BCUT2D eigenvalue weighted by molar-refractivity contribution is 1.13. The van der Waals surface area contributed by atoms with E-state index in [1.54, 1.807) is 0 Å². The zero-order valence-electron chi connectivity index (χ0n) is 11.5. The molecule has 2 aromatic heterocycles. The molecule has 0 fully saturated rings. The Morgan fingerprint density at radius 2 is 2.14 bits per heavy atom. The number of halogens is 1. The van der Waals surface area contributed by atoms with E-state index in [1.807, 2.05) is 35.2 Å². The molecule has 0 saturated heterocycles. The number of nitrogens with zero attached hydrogens (tertiary/aromatic N) is 2. The van der Waals surface area contributed by atoms with E-state index in [9.17, 15) is 0 Å². The van der Waals surface area contributed by atoms with Crippen molar-refractivity contribution in [3.8, 4) is 10.7 Å². The molecule has 0 saturated carbocycles. The fourth-order valence-corrected chi connectivity index (χ4v) is 5.16. The molecule has 0 bridgehead atoms. The van der Waals surface area contributed by atoms with Gasteiger partial charge in [0.05, 0.1) is 10.4 Å². The van der Waals surface area contributed by atoms with Gasteiger partial charge in [-0.25, -0.2) is 9.97 Å². The van der Waals surface area contributed by atoms with Crippen LogP contribution in [0.4, 0.5) is 0 Å². The molecule has 0 atom stereocenters. The molecule has 4 rings (SSSR count). The van der Waals surface area contributed by atoms with Crippen molar-refractivity contribution in [1.29, 1.82) is 0 Å². The molecule has 21 heavy (non-hydrogen) atoms. The number of fused-ring (bicyclic) bond motifs is 2. The maximum atomic E-state index is 6.36. The summed E-state index contributed by atoms with van der Waals surface area (Å²) < 4.78 is 0. The first-order valence-electron chi connectivity index (χ1n) is 6.85. The topological polar surface area (TPSA) is 25.8 Å².